The Morgan fingerprint density at radius 2 is 2.12 bits per heavy atom. The lowest BCUT2D eigenvalue weighted by Gasteiger charge is -2.27. The number of benzene rings is 1. The van der Waals surface area contributed by atoms with Crippen molar-refractivity contribution in [2.45, 2.75) is 13.5 Å². The molecule has 0 spiro atoms. The van der Waals surface area contributed by atoms with Crippen LogP contribution in [0.4, 0.5) is 4.79 Å². The number of carbonyl (C=O) groups excluding carboxylic acids is 1. The second-order valence-electron chi connectivity index (χ2n) is 4.51. The number of nitrogens with one attached hydrogen (secondary N) is 3. The van der Waals surface area contributed by atoms with Crippen LogP contribution in [0, 0.1) is 12.8 Å². The molecule has 0 bridgehead atoms. The van der Waals surface area contributed by atoms with Crippen LogP contribution in [0.2, 0.25) is 0 Å². The minimum absolute atomic E-state index is 0.0832. The summed E-state index contributed by atoms with van der Waals surface area (Å²) in [6, 6.07) is 7.99. The van der Waals surface area contributed by atoms with Gasteiger partial charge in [-0.3, -0.25) is 0 Å². The van der Waals surface area contributed by atoms with Crippen molar-refractivity contribution in [2.24, 2.45) is 5.92 Å². The van der Waals surface area contributed by atoms with Gasteiger partial charge in [-0.1, -0.05) is 24.3 Å². The molecule has 1 aromatic carbocycles. The lowest BCUT2D eigenvalue weighted by atomic mass is 10.0. The van der Waals surface area contributed by atoms with E-state index in [0.29, 0.717) is 12.5 Å². The molecule has 1 saturated heterocycles. The van der Waals surface area contributed by atoms with E-state index in [1.807, 2.05) is 18.2 Å². The topological polar surface area (TPSA) is 53.2 Å². The number of carbonyl (C=O) groups is 1. The summed E-state index contributed by atoms with van der Waals surface area (Å²) in [5.74, 6) is 0.596. The van der Waals surface area contributed by atoms with Gasteiger partial charge in [0.15, 0.2) is 0 Å². The molecule has 1 fully saturated rings. The third-order valence-corrected chi connectivity index (χ3v) is 3.12. The molecule has 1 aliphatic heterocycles. The summed E-state index contributed by atoms with van der Waals surface area (Å²) in [6.45, 7) is 5.42. The number of hydrogen-bond acceptors (Lipinski definition) is 2. The Balaban J connectivity index is 1.70. The third-order valence-electron chi connectivity index (χ3n) is 3.12. The minimum Gasteiger partial charge on any atom is -0.338 e. The smallest absolute Gasteiger partial charge is 0.315 e. The van der Waals surface area contributed by atoms with Crippen LogP contribution in [-0.4, -0.2) is 25.7 Å². The van der Waals surface area contributed by atoms with Crippen molar-refractivity contribution in [3.63, 3.8) is 0 Å². The molecular weight excluding hydrogens is 214 g/mol. The molecule has 4 heteroatoms. The molecule has 1 heterocycles. The zero-order valence-corrected chi connectivity index (χ0v) is 10.1. The highest BCUT2D eigenvalue weighted by molar-refractivity contribution is 5.73. The summed E-state index contributed by atoms with van der Waals surface area (Å²) < 4.78 is 0. The Labute approximate surface area is 102 Å². The highest BCUT2D eigenvalue weighted by Crippen LogP contribution is 2.06. The van der Waals surface area contributed by atoms with Crippen molar-refractivity contribution < 1.29 is 4.79 Å². The summed E-state index contributed by atoms with van der Waals surface area (Å²) in [6.07, 6.45) is 0. The summed E-state index contributed by atoms with van der Waals surface area (Å²) >= 11 is 0. The van der Waals surface area contributed by atoms with Crippen molar-refractivity contribution >= 4 is 6.03 Å². The van der Waals surface area contributed by atoms with Gasteiger partial charge in [0, 0.05) is 32.1 Å². The van der Waals surface area contributed by atoms with Crippen molar-refractivity contribution in [2.75, 3.05) is 19.6 Å². The molecule has 92 valence electrons. The quantitative estimate of drug-likeness (QED) is 0.727. The number of aryl methyl sites for hydroxylation is 1. The zero-order chi connectivity index (χ0) is 12.1. The van der Waals surface area contributed by atoms with Gasteiger partial charge in [0.25, 0.3) is 0 Å². The molecule has 4 nitrogen and oxygen atoms in total. The van der Waals surface area contributed by atoms with Crippen LogP contribution < -0.4 is 16.0 Å². The second-order valence-corrected chi connectivity index (χ2v) is 4.51. The zero-order valence-electron chi connectivity index (χ0n) is 10.1. The van der Waals surface area contributed by atoms with Gasteiger partial charge in [0.2, 0.25) is 0 Å². The van der Waals surface area contributed by atoms with Crippen LogP contribution in [0.25, 0.3) is 0 Å². The average Bonchev–Trinajstić information content (AvgIpc) is 2.26. The first kappa shape index (κ1) is 11.9. The normalized spacial score (nSPS) is 15.1. The predicted octanol–water partition coefficient (Wildman–Crippen LogP) is 1.01. The summed E-state index contributed by atoms with van der Waals surface area (Å²) in [4.78, 5) is 11.5. The number of amides is 2. The fourth-order valence-electron chi connectivity index (χ4n) is 1.78. The molecular formula is C13H19N3O. The van der Waals surface area contributed by atoms with E-state index in [4.69, 9.17) is 0 Å². The molecule has 0 unspecified atom stereocenters. The minimum atomic E-state index is -0.0832. The van der Waals surface area contributed by atoms with E-state index in [1.165, 1.54) is 5.56 Å². The molecule has 0 aliphatic carbocycles. The fourth-order valence-corrected chi connectivity index (χ4v) is 1.78. The SMILES string of the molecule is Cc1ccccc1CNC(=O)NCC1CNC1. The van der Waals surface area contributed by atoms with Crippen molar-refractivity contribution in [1.82, 2.24) is 16.0 Å². The largest absolute Gasteiger partial charge is 0.338 e. The fraction of sp³-hybridized carbons (Fsp3) is 0.462. The molecule has 0 saturated carbocycles. The lowest BCUT2D eigenvalue weighted by molar-refractivity contribution is 0.235. The van der Waals surface area contributed by atoms with Crippen molar-refractivity contribution in [1.29, 1.82) is 0 Å². The van der Waals surface area contributed by atoms with Gasteiger partial charge in [-0.25, -0.2) is 4.79 Å². The number of hydrogen-bond donors (Lipinski definition) is 3. The van der Waals surface area contributed by atoms with Gasteiger partial charge in [0.1, 0.15) is 0 Å². The maximum Gasteiger partial charge on any atom is 0.315 e. The maximum absolute atomic E-state index is 11.5. The van der Waals surface area contributed by atoms with E-state index in [9.17, 15) is 4.79 Å². The van der Waals surface area contributed by atoms with E-state index in [-0.39, 0.29) is 6.03 Å². The Kier molecular flexibility index (Phi) is 3.98. The van der Waals surface area contributed by atoms with Crippen LogP contribution in [0.3, 0.4) is 0 Å². The monoisotopic (exact) mass is 233 g/mol. The maximum atomic E-state index is 11.5. The van der Waals surface area contributed by atoms with Gasteiger partial charge >= 0.3 is 6.03 Å². The first-order valence-electron chi connectivity index (χ1n) is 6.02. The second kappa shape index (κ2) is 5.68. The first-order valence-corrected chi connectivity index (χ1v) is 6.02. The molecule has 17 heavy (non-hydrogen) atoms. The number of urea groups is 1. The van der Waals surface area contributed by atoms with Crippen LogP contribution in [0.1, 0.15) is 11.1 Å². The molecule has 3 N–H and O–H groups in total. The number of rotatable bonds is 4. The van der Waals surface area contributed by atoms with Crippen LogP contribution in [-0.2, 0) is 6.54 Å². The van der Waals surface area contributed by atoms with Crippen LogP contribution in [0.15, 0.2) is 24.3 Å². The summed E-state index contributed by atoms with van der Waals surface area (Å²) in [7, 11) is 0. The van der Waals surface area contributed by atoms with Gasteiger partial charge in [-0.15, -0.1) is 0 Å². The van der Waals surface area contributed by atoms with Crippen molar-refractivity contribution in [3.8, 4) is 0 Å². The molecule has 0 aromatic heterocycles. The average molecular weight is 233 g/mol. The molecule has 2 amide bonds. The van der Waals surface area contributed by atoms with Gasteiger partial charge in [0.05, 0.1) is 0 Å². The summed E-state index contributed by atoms with van der Waals surface area (Å²) in [5.41, 5.74) is 2.36. The highest BCUT2D eigenvalue weighted by atomic mass is 16.2. The van der Waals surface area contributed by atoms with Crippen molar-refractivity contribution in [3.05, 3.63) is 35.4 Å². The van der Waals surface area contributed by atoms with Crippen LogP contribution in [0.5, 0.6) is 0 Å². The Morgan fingerprint density at radius 1 is 1.35 bits per heavy atom. The Hall–Kier alpha value is -1.55. The van der Waals surface area contributed by atoms with E-state index in [1.54, 1.807) is 0 Å². The Bertz CT molecular complexity index is 388. The molecule has 0 radical (unpaired) electrons. The van der Waals surface area contributed by atoms with E-state index >= 15 is 0 Å². The molecule has 1 aliphatic rings. The molecule has 0 atom stereocenters. The molecule has 2 rings (SSSR count). The highest BCUT2D eigenvalue weighted by Gasteiger charge is 2.16. The summed E-state index contributed by atoms with van der Waals surface area (Å²) in [5, 5.41) is 8.94. The third kappa shape index (κ3) is 3.46. The van der Waals surface area contributed by atoms with Crippen LogP contribution >= 0.6 is 0 Å². The predicted molar refractivity (Wildman–Crippen MR) is 67.8 cm³/mol. The Morgan fingerprint density at radius 3 is 2.76 bits per heavy atom. The standard InChI is InChI=1S/C13H19N3O/c1-10-4-2-3-5-12(10)9-16-13(17)15-8-11-6-14-7-11/h2-5,11,14H,6-9H2,1H3,(H2,15,16,17). The first-order chi connectivity index (χ1) is 8.25. The molecule has 1 aromatic rings. The van der Waals surface area contributed by atoms with Gasteiger partial charge < -0.3 is 16.0 Å². The van der Waals surface area contributed by atoms with E-state index < -0.39 is 0 Å². The van der Waals surface area contributed by atoms with E-state index in [2.05, 4.69) is 28.9 Å². The van der Waals surface area contributed by atoms with Gasteiger partial charge in [-0.05, 0) is 18.1 Å². The van der Waals surface area contributed by atoms with Gasteiger partial charge in [-0.2, -0.15) is 0 Å². The lowest BCUT2D eigenvalue weighted by Crippen LogP contribution is -2.49. The van der Waals surface area contributed by atoms with E-state index in [0.717, 1.165) is 25.2 Å².